The van der Waals surface area contributed by atoms with Crippen LogP contribution in [0.1, 0.15) is 0 Å². The van der Waals surface area contributed by atoms with Gasteiger partial charge in [-0.1, -0.05) is 103 Å². The fourth-order valence-corrected chi connectivity index (χ4v) is 6.38. The minimum absolute atomic E-state index is 0. The Hall–Kier alpha value is -4.36. The van der Waals surface area contributed by atoms with E-state index >= 15 is 0 Å². The standard InChI is InChI=1S/C42H26.Y/c1-3-14-29(15-4-1)31-19-13-20-32(26-31)34-27-33-18-7-8-21-35(33)40(28-34)42-38-24-11-9-22-36(38)41(30-16-5-2-6-17-30)37-23-10-12-25-39(37)42;/h1-14,16-18,20-28H;/q-2;. The molecule has 1 radical (unpaired) electrons. The second-order valence-electron chi connectivity index (χ2n) is 10.7. The van der Waals surface area contributed by atoms with Crippen molar-refractivity contribution in [1.82, 2.24) is 0 Å². The van der Waals surface area contributed by atoms with E-state index in [-0.39, 0.29) is 32.7 Å². The molecule has 43 heavy (non-hydrogen) atoms. The summed E-state index contributed by atoms with van der Waals surface area (Å²) in [6, 6.07) is 63.3. The number of fused-ring (bicyclic) bond motifs is 3. The Balaban J connectivity index is 0.00000300. The van der Waals surface area contributed by atoms with E-state index in [2.05, 4.69) is 152 Å². The zero-order chi connectivity index (χ0) is 27.9. The minimum atomic E-state index is 0. The van der Waals surface area contributed by atoms with Crippen molar-refractivity contribution in [2.45, 2.75) is 0 Å². The van der Waals surface area contributed by atoms with Gasteiger partial charge in [0.1, 0.15) is 0 Å². The van der Waals surface area contributed by atoms with Crippen molar-refractivity contribution < 1.29 is 32.7 Å². The monoisotopic (exact) mass is 619 g/mol. The summed E-state index contributed by atoms with van der Waals surface area (Å²) in [4.78, 5) is 0. The maximum Gasteiger partial charge on any atom is 0 e. The summed E-state index contributed by atoms with van der Waals surface area (Å²) in [5.41, 5.74) is 9.50. The molecule has 0 aromatic heterocycles. The summed E-state index contributed by atoms with van der Waals surface area (Å²) in [5, 5.41) is 7.54. The molecule has 0 saturated heterocycles. The molecular formula is C42H26Y-2. The third-order valence-corrected chi connectivity index (χ3v) is 8.26. The minimum Gasteiger partial charge on any atom is -0.226 e. The Morgan fingerprint density at radius 2 is 0.930 bits per heavy atom. The van der Waals surface area contributed by atoms with E-state index in [0.717, 1.165) is 11.1 Å². The summed E-state index contributed by atoms with van der Waals surface area (Å²) >= 11 is 0. The number of rotatable bonds is 4. The van der Waals surface area contributed by atoms with Gasteiger partial charge in [-0.05, 0) is 72.3 Å². The summed E-state index contributed by atoms with van der Waals surface area (Å²) in [6.07, 6.45) is 0. The zero-order valence-corrected chi connectivity index (χ0v) is 26.4. The largest absolute Gasteiger partial charge is 0.226 e. The Morgan fingerprint density at radius 3 is 1.60 bits per heavy atom. The van der Waals surface area contributed by atoms with E-state index in [1.54, 1.807) is 0 Å². The molecule has 0 fully saturated rings. The quantitative estimate of drug-likeness (QED) is 0.136. The van der Waals surface area contributed by atoms with Crippen molar-refractivity contribution in [3.8, 4) is 44.5 Å². The summed E-state index contributed by atoms with van der Waals surface area (Å²) in [7, 11) is 0. The predicted molar refractivity (Wildman–Crippen MR) is 178 cm³/mol. The van der Waals surface area contributed by atoms with Gasteiger partial charge in [0.05, 0.1) is 0 Å². The molecule has 0 heterocycles. The molecule has 0 spiro atoms. The van der Waals surface area contributed by atoms with Gasteiger partial charge in [0.25, 0.3) is 0 Å². The normalized spacial score (nSPS) is 11.1. The fourth-order valence-electron chi connectivity index (χ4n) is 6.38. The van der Waals surface area contributed by atoms with E-state index in [1.165, 1.54) is 65.7 Å². The van der Waals surface area contributed by atoms with Crippen LogP contribution >= 0.6 is 0 Å². The smallest absolute Gasteiger partial charge is 0 e. The van der Waals surface area contributed by atoms with Crippen molar-refractivity contribution in [2.75, 3.05) is 0 Å². The van der Waals surface area contributed by atoms with Crippen LogP contribution in [0.25, 0.3) is 76.8 Å². The van der Waals surface area contributed by atoms with Crippen LogP contribution in [0.15, 0.2) is 158 Å². The topological polar surface area (TPSA) is 0 Å². The molecule has 0 aliphatic carbocycles. The first-order chi connectivity index (χ1) is 20.8. The Bertz CT molecular complexity index is 2170. The van der Waals surface area contributed by atoms with Crippen LogP contribution in [0, 0.1) is 12.1 Å². The van der Waals surface area contributed by atoms with Crippen LogP contribution < -0.4 is 0 Å². The third-order valence-electron chi connectivity index (χ3n) is 8.26. The number of hydrogen-bond acceptors (Lipinski definition) is 0. The van der Waals surface area contributed by atoms with Gasteiger partial charge in [0.2, 0.25) is 0 Å². The molecular weight excluding hydrogens is 593 g/mol. The van der Waals surface area contributed by atoms with Crippen LogP contribution in [-0.4, -0.2) is 0 Å². The van der Waals surface area contributed by atoms with Crippen LogP contribution in [0.3, 0.4) is 0 Å². The van der Waals surface area contributed by atoms with Gasteiger partial charge < -0.3 is 0 Å². The van der Waals surface area contributed by atoms with E-state index in [0.29, 0.717) is 0 Å². The van der Waals surface area contributed by atoms with Crippen LogP contribution in [0.2, 0.25) is 0 Å². The first-order valence-electron chi connectivity index (χ1n) is 14.4. The van der Waals surface area contributed by atoms with Crippen LogP contribution in [0.5, 0.6) is 0 Å². The van der Waals surface area contributed by atoms with Crippen LogP contribution in [-0.2, 0) is 32.7 Å². The van der Waals surface area contributed by atoms with Gasteiger partial charge >= 0.3 is 0 Å². The maximum absolute atomic E-state index is 3.42. The average molecular weight is 620 g/mol. The van der Waals surface area contributed by atoms with Gasteiger partial charge in [-0.3, -0.25) is 0 Å². The molecule has 0 nitrogen and oxygen atoms in total. The van der Waals surface area contributed by atoms with Gasteiger partial charge in [-0.25, -0.2) is 11.1 Å². The Morgan fingerprint density at radius 1 is 0.349 bits per heavy atom. The van der Waals surface area contributed by atoms with Gasteiger partial charge in [-0.15, -0.1) is 17.7 Å². The van der Waals surface area contributed by atoms with Crippen LogP contribution in [0.4, 0.5) is 0 Å². The SMILES string of the molecule is [Y].[c-]1ccccc1-c1[c-]ccc(-c2cc(-c3c4ccccc4c(-c4ccccc4)c4ccccc34)c3ccccc3c2)c1. The summed E-state index contributed by atoms with van der Waals surface area (Å²) in [6.45, 7) is 0. The van der Waals surface area contributed by atoms with Crippen molar-refractivity contribution in [3.05, 3.63) is 170 Å². The number of hydrogen-bond donors (Lipinski definition) is 0. The molecule has 0 amide bonds. The molecule has 0 unspecified atom stereocenters. The van der Waals surface area contributed by atoms with Gasteiger partial charge in [0.15, 0.2) is 0 Å². The van der Waals surface area contributed by atoms with Crippen molar-refractivity contribution in [2.24, 2.45) is 0 Å². The van der Waals surface area contributed by atoms with E-state index < -0.39 is 0 Å². The summed E-state index contributed by atoms with van der Waals surface area (Å²) < 4.78 is 0. The molecule has 8 rings (SSSR count). The molecule has 1 heteroatoms. The Labute approximate surface area is 277 Å². The molecule has 0 atom stereocenters. The molecule has 0 aliphatic rings. The molecule has 0 N–H and O–H groups in total. The molecule has 0 bridgehead atoms. The zero-order valence-electron chi connectivity index (χ0n) is 23.6. The molecule has 8 aromatic rings. The van der Waals surface area contributed by atoms with E-state index in [1.807, 2.05) is 18.2 Å². The first-order valence-corrected chi connectivity index (χ1v) is 14.4. The average Bonchev–Trinajstić information content (AvgIpc) is 3.07. The molecule has 0 saturated carbocycles. The van der Waals surface area contributed by atoms with Gasteiger partial charge in [-0.2, -0.15) is 42.5 Å². The second kappa shape index (κ2) is 11.7. The molecule has 0 aliphatic heterocycles. The van der Waals surface area contributed by atoms with Crippen molar-refractivity contribution in [3.63, 3.8) is 0 Å². The second-order valence-corrected chi connectivity index (χ2v) is 10.7. The van der Waals surface area contributed by atoms with E-state index in [9.17, 15) is 0 Å². The maximum atomic E-state index is 3.42. The van der Waals surface area contributed by atoms with Crippen molar-refractivity contribution >= 4 is 32.3 Å². The molecule has 8 aromatic carbocycles. The third kappa shape index (κ3) is 4.92. The molecule has 199 valence electrons. The van der Waals surface area contributed by atoms with Crippen molar-refractivity contribution in [1.29, 1.82) is 0 Å². The number of benzene rings is 8. The van der Waals surface area contributed by atoms with E-state index in [4.69, 9.17) is 0 Å². The van der Waals surface area contributed by atoms with Gasteiger partial charge in [0, 0.05) is 32.7 Å². The summed E-state index contributed by atoms with van der Waals surface area (Å²) in [5.74, 6) is 0. The predicted octanol–water partition coefficient (Wildman–Crippen LogP) is 11.4. The fraction of sp³-hybridized carbons (Fsp3) is 0. The first kappa shape index (κ1) is 27.5. The Kier molecular flexibility index (Phi) is 7.50.